The molecule has 0 unspecified atom stereocenters. The van der Waals surface area contributed by atoms with E-state index in [-0.39, 0.29) is 6.54 Å². The summed E-state index contributed by atoms with van der Waals surface area (Å²) in [6, 6.07) is 4.37. The van der Waals surface area contributed by atoms with Crippen molar-refractivity contribution >= 4 is 11.8 Å². The summed E-state index contributed by atoms with van der Waals surface area (Å²) in [6.07, 6.45) is -5.24. The second kappa shape index (κ2) is 7.05. The predicted octanol–water partition coefficient (Wildman–Crippen LogP) is 1.82. The molecule has 4 nitrogen and oxygen atoms in total. The molecule has 0 aliphatic rings. The normalized spacial score (nSPS) is 11.1. The highest BCUT2D eigenvalue weighted by Gasteiger charge is 2.27. The van der Waals surface area contributed by atoms with Crippen LogP contribution in [0.5, 0.6) is 0 Å². The summed E-state index contributed by atoms with van der Waals surface area (Å²) in [4.78, 5) is 22.4. The van der Waals surface area contributed by atoms with Crippen LogP contribution in [0, 0.1) is 12.7 Å². The molecule has 0 aromatic heterocycles. The third kappa shape index (κ3) is 6.73. The van der Waals surface area contributed by atoms with Crippen LogP contribution in [0.15, 0.2) is 18.2 Å². The highest BCUT2D eigenvalue weighted by Crippen LogP contribution is 2.12. The molecule has 8 heteroatoms. The summed E-state index contributed by atoms with van der Waals surface area (Å²) < 4.78 is 48.8. The van der Waals surface area contributed by atoms with Crippen molar-refractivity contribution in [1.82, 2.24) is 10.6 Å². The zero-order valence-electron chi connectivity index (χ0n) is 11.2. The van der Waals surface area contributed by atoms with E-state index >= 15 is 0 Å². The number of aryl methyl sites for hydroxylation is 1. The molecule has 1 aromatic rings. The molecule has 0 fully saturated rings. The molecular formula is C13H14F4N2O2. The molecule has 21 heavy (non-hydrogen) atoms. The average Bonchev–Trinajstić information content (AvgIpc) is 2.37. The van der Waals surface area contributed by atoms with Gasteiger partial charge in [0.1, 0.15) is 18.8 Å². The molecule has 2 amide bonds. The van der Waals surface area contributed by atoms with Gasteiger partial charge >= 0.3 is 6.18 Å². The van der Waals surface area contributed by atoms with Gasteiger partial charge in [0.15, 0.2) is 0 Å². The largest absolute Gasteiger partial charge is 0.405 e. The first-order valence-electron chi connectivity index (χ1n) is 6.02. The molecule has 0 saturated heterocycles. The van der Waals surface area contributed by atoms with Gasteiger partial charge in [0.2, 0.25) is 11.8 Å². The minimum absolute atomic E-state index is 0.0113. The van der Waals surface area contributed by atoms with Crippen LogP contribution in [0.25, 0.3) is 0 Å². The van der Waals surface area contributed by atoms with E-state index in [0.717, 1.165) is 0 Å². The van der Waals surface area contributed by atoms with Gasteiger partial charge < -0.3 is 10.6 Å². The maximum Gasteiger partial charge on any atom is 0.405 e. The van der Waals surface area contributed by atoms with Gasteiger partial charge in [0.05, 0.1) is 0 Å². The van der Waals surface area contributed by atoms with Crippen molar-refractivity contribution in [3.05, 3.63) is 35.1 Å². The fourth-order valence-electron chi connectivity index (χ4n) is 1.42. The van der Waals surface area contributed by atoms with Crippen molar-refractivity contribution in [3.63, 3.8) is 0 Å². The molecule has 0 aliphatic heterocycles. The maximum absolute atomic E-state index is 13.2. The zero-order chi connectivity index (χ0) is 16.0. The number of hydrogen-bond donors (Lipinski definition) is 2. The van der Waals surface area contributed by atoms with Crippen LogP contribution in [0.4, 0.5) is 17.6 Å². The molecule has 0 bridgehead atoms. The van der Waals surface area contributed by atoms with E-state index in [0.29, 0.717) is 11.1 Å². The number of benzene rings is 1. The molecule has 0 radical (unpaired) electrons. The lowest BCUT2D eigenvalue weighted by atomic mass is 10.1. The Morgan fingerprint density at radius 1 is 1.14 bits per heavy atom. The Labute approximate surface area is 118 Å². The van der Waals surface area contributed by atoms with Gasteiger partial charge in [-0.1, -0.05) is 12.1 Å². The van der Waals surface area contributed by atoms with Gasteiger partial charge in [-0.05, 0) is 24.1 Å². The molecule has 116 valence electrons. The smallest absolute Gasteiger partial charge is 0.352 e. The van der Waals surface area contributed by atoms with Crippen LogP contribution < -0.4 is 10.6 Å². The lowest BCUT2D eigenvalue weighted by Crippen LogP contribution is -2.37. The van der Waals surface area contributed by atoms with Crippen molar-refractivity contribution in [3.8, 4) is 0 Å². The van der Waals surface area contributed by atoms with E-state index in [1.165, 1.54) is 12.1 Å². The van der Waals surface area contributed by atoms with Crippen molar-refractivity contribution < 1.29 is 27.2 Å². The van der Waals surface area contributed by atoms with Crippen molar-refractivity contribution in [2.75, 3.05) is 6.54 Å². The highest BCUT2D eigenvalue weighted by atomic mass is 19.4. The number of carbonyl (C=O) groups excluding carboxylic acids is 2. The number of halogens is 4. The molecule has 2 N–H and O–H groups in total. The van der Waals surface area contributed by atoms with E-state index in [4.69, 9.17) is 0 Å². The van der Waals surface area contributed by atoms with Gasteiger partial charge in [-0.3, -0.25) is 9.59 Å². The van der Waals surface area contributed by atoms with Gasteiger partial charge in [0, 0.05) is 6.54 Å². The fourth-order valence-corrected chi connectivity index (χ4v) is 1.42. The molecule has 0 aliphatic carbocycles. The van der Waals surface area contributed by atoms with E-state index in [2.05, 4.69) is 5.32 Å². The number of amides is 2. The van der Waals surface area contributed by atoms with Gasteiger partial charge in [-0.15, -0.1) is 0 Å². The minimum Gasteiger partial charge on any atom is -0.352 e. The Morgan fingerprint density at radius 3 is 2.33 bits per heavy atom. The SMILES string of the molecule is Cc1ccc(CNC(=O)CC(=O)NCC(F)(F)F)cc1F. The zero-order valence-corrected chi connectivity index (χ0v) is 11.2. The molecule has 1 aromatic carbocycles. The monoisotopic (exact) mass is 306 g/mol. The van der Waals surface area contributed by atoms with E-state index < -0.39 is 36.8 Å². The van der Waals surface area contributed by atoms with Gasteiger partial charge in [-0.25, -0.2) is 4.39 Å². The summed E-state index contributed by atoms with van der Waals surface area (Å²) in [7, 11) is 0. The standard InChI is InChI=1S/C13H14F4N2O2/c1-8-2-3-9(4-10(8)14)6-18-11(20)5-12(21)19-7-13(15,16)17/h2-4H,5-7H2,1H3,(H,18,20)(H,19,21). The van der Waals surface area contributed by atoms with E-state index in [9.17, 15) is 27.2 Å². The van der Waals surface area contributed by atoms with E-state index in [1.807, 2.05) is 0 Å². The summed E-state index contributed by atoms with van der Waals surface area (Å²) in [5, 5.41) is 3.91. The van der Waals surface area contributed by atoms with Crippen LogP contribution in [-0.2, 0) is 16.1 Å². The highest BCUT2D eigenvalue weighted by molar-refractivity contribution is 5.96. The Balaban J connectivity index is 2.37. The number of rotatable bonds is 5. The first-order chi connectivity index (χ1) is 9.67. The Kier molecular flexibility index (Phi) is 5.69. The molecular weight excluding hydrogens is 292 g/mol. The third-order valence-corrected chi connectivity index (χ3v) is 2.53. The Hall–Kier alpha value is -2.12. The summed E-state index contributed by atoms with van der Waals surface area (Å²) in [5.41, 5.74) is 0.943. The first-order valence-corrected chi connectivity index (χ1v) is 6.02. The molecule has 0 spiro atoms. The second-order valence-electron chi connectivity index (χ2n) is 4.43. The summed E-state index contributed by atoms with van der Waals surface area (Å²) >= 11 is 0. The first kappa shape index (κ1) is 16.9. The average molecular weight is 306 g/mol. The number of carbonyl (C=O) groups is 2. The topological polar surface area (TPSA) is 58.2 Å². The Morgan fingerprint density at radius 2 is 1.76 bits per heavy atom. The van der Waals surface area contributed by atoms with Crippen LogP contribution in [0.1, 0.15) is 17.5 Å². The summed E-state index contributed by atoms with van der Waals surface area (Å²) in [6.45, 7) is 0.0908. The van der Waals surface area contributed by atoms with Crippen molar-refractivity contribution in [1.29, 1.82) is 0 Å². The van der Waals surface area contributed by atoms with Crippen molar-refractivity contribution in [2.24, 2.45) is 0 Å². The quantitative estimate of drug-likeness (QED) is 0.644. The van der Waals surface area contributed by atoms with Crippen LogP contribution in [0.2, 0.25) is 0 Å². The van der Waals surface area contributed by atoms with Crippen LogP contribution in [0.3, 0.4) is 0 Å². The van der Waals surface area contributed by atoms with Gasteiger partial charge in [-0.2, -0.15) is 13.2 Å². The minimum atomic E-state index is -4.52. The summed E-state index contributed by atoms with van der Waals surface area (Å²) in [5.74, 6) is -2.19. The maximum atomic E-state index is 13.2. The predicted molar refractivity (Wildman–Crippen MR) is 66.7 cm³/mol. The Bertz CT molecular complexity index is 529. The number of hydrogen-bond acceptors (Lipinski definition) is 2. The molecule has 0 atom stereocenters. The number of nitrogens with one attached hydrogen (secondary N) is 2. The third-order valence-electron chi connectivity index (χ3n) is 2.53. The number of alkyl halides is 3. The van der Waals surface area contributed by atoms with Crippen LogP contribution >= 0.6 is 0 Å². The lowest BCUT2D eigenvalue weighted by molar-refractivity contribution is -0.140. The van der Waals surface area contributed by atoms with E-state index in [1.54, 1.807) is 18.3 Å². The van der Waals surface area contributed by atoms with Crippen LogP contribution in [-0.4, -0.2) is 24.5 Å². The molecule has 1 rings (SSSR count). The van der Waals surface area contributed by atoms with Crippen molar-refractivity contribution in [2.45, 2.75) is 26.1 Å². The molecule has 0 heterocycles. The lowest BCUT2D eigenvalue weighted by Gasteiger charge is -2.09. The fraction of sp³-hybridized carbons (Fsp3) is 0.385. The molecule has 0 saturated carbocycles. The van der Waals surface area contributed by atoms with Gasteiger partial charge in [0.25, 0.3) is 0 Å². The second-order valence-corrected chi connectivity index (χ2v) is 4.43.